The van der Waals surface area contributed by atoms with Gasteiger partial charge in [0, 0.05) is 17.1 Å². The van der Waals surface area contributed by atoms with E-state index in [1.54, 1.807) is 61.5 Å². The molecule has 2 rings (SSSR count). The highest BCUT2D eigenvalue weighted by Gasteiger charge is 2.36. The van der Waals surface area contributed by atoms with E-state index in [-0.39, 0.29) is 0 Å². The molecule has 7 nitrogen and oxygen atoms in total. The summed E-state index contributed by atoms with van der Waals surface area (Å²) in [5.74, 6) is -1.12. The lowest BCUT2D eigenvalue weighted by molar-refractivity contribution is -0.169. The number of ether oxygens (including phenoxy) is 2. The zero-order chi connectivity index (χ0) is 21.4. The summed E-state index contributed by atoms with van der Waals surface area (Å²) < 4.78 is 11.2. The first kappa shape index (κ1) is 22.2. The van der Waals surface area contributed by atoms with E-state index in [1.165, 1.54) is 13.8 Å². The summed E-state index contributed by atoms with van der Waals surface area (Å²) in [7, 11) is 0. The van der Waals surface area contributed by atoms with Crippen LogP contribution in [0.25, 0.3) is 0 Å². The normalized spacial score (nSPS) is 11.9. The molecule has 1 atom stereocenters. The second kappa shape index (κ2) is 9.93. The number of hydrogen-bond acceptors (Lipinski definition) is 5. The van der Waals surface area contributed by atoms with E-state index in [0.29, 0.717) is 22.9 Å². The molecule has 8 heteroatoms. The first-order valence-electron chi connectivity index (χ1n) is 9.02. The molecule has 2 aromatic carbocycles. The number of urea groups is 1. The Kier molecular flexibility index (Phi) is 7.61. The Morgan fingerprint density at radius 3 is 2.24 bits per heavy atom. The lowest BCUT2D eigenvalue weighted by atomic mass is 10.1. The summed E-state index contributed by atoms with van der Waals surface area (Å²) in [5.41, 5.74) is -0.975. The highest BCUT2D eigenvalue weighted by molar-refractivity contribution is 6.30. The molecule has 0 unspecified atom stereocenters. The van der Waals surface area contributed by atoms with E-state index in [0.717, 1.165) is 0 Å². The minimum absolute atomic E-state index is 0.344. The van der Waals surface area contributed by atoms with Crippen LogP contribution in [0.4, 0.5) is 4.79 Å². The van der Waals surface area contributed by atoms with Crippen LogP contribution in [-0.4, -0.2) is 30.1 Å². The number of rotatable bonds is 7. The lowest BCUT2D eigenvalue weighted by Gasteiger charge is -2.27. The molecule has 0 saturated carbocycles. The van der Waals surface area contributed by atoms with Crippen LogP contribution < -0.4 is 15.4 Å². The van der Waals surface area contributed by atoms with E-state index in [2.05, 4.69) is 10.6 Å². The molecule has 0 fully saturated rings. The molecular weight excluding hydrogens is 396 g/mol. The number of carbonyl (C=O) groups is 3. The Morgan fingerprint density at radius 2 is 1.66 bits per heavy atom. The number of hydrogen-bond donors (Lipinski definition) is 2. The van der Waals surface area contributed by atoms with Gasteiger partial charge in [-0.1, -0.05) is 41.9 Å². The van der Waals surface area contributed by atoms with Gasteiger partial charge >= 0.3 is 12.0 Å². The van der Waals surface area contributed by atoms with Gasteiger partial charge in [-0.25, -0.2) is 9.59 Å². The molecule has 0 heterocycles. The second-order valence-corrected chi connectivity index (χ2v) is 7.05. The molecule has 0 saturated heterocycles. The Hall–Kier alpha value is -3.06. The van der Waals surface area contributed by atoms with Crippen LogP contribution in [-0.2, 0) is 14.3 Å². The van der Waals surface area contributed by atoms with Crippen LogP contribution >= 0.6 is 11.6 Å². The molecule has 3 amide bonds. The maximum Gasteiger partial charge on any atom is 0.351 e. The number of amides is 3. The fourth-order valence-electron chi connectivity index (χ4n) is 2.37. The molecule has 0 bridgehead atoms. The predicted molar refractivity (Wildman–Crippen MR) is 109 cm³/mol. The van der Waals surface area contributed by atoms with Crippen LogP contribution in [0.5, 0.6) is 5.75 Å². The van der Waals surface area contributed by atoms with E-state index < -0.39 is 29.6 Å². The van der Waals surface area contributed by atoms with Gasteiger partial charge in [-0.15, -0.1) is 0 Å². The number of nitrogens with one attached hydrogen (secondary N) is 2. The molecule has 0 aliphatic rings. The van der Waals surface area contributed by atoms with E-state index in [4.69, 9.17) is 21.1 Å². The minimum Gasteiger partial charge on any atom is -0.476 e. The van der Waals surface area contributed by atoms with Crippen molar-refractivity contribution in [3.63, 3.8) is 0 Å². The highest BCUT2D eigenvalue weighted by atomic mass is 35.5. The zero-order valence-electron chi connectivity index (χ0n) is 16.4. The van der Waals surface area contributed by atoms with Gasteiger partial charge in [0.2, 0.25) is 6.10 Å². The molecule has 0 aromatic heterocycles. The van der Waals surface area contributed by atoms with Crippen molar-refractivity contribution in [1.29, 1.82) is 0 Å². The van der Waals surface area contributed by atoms with Gasteiger partial charge in [0.1, 0.15) is 5.75 Å². The lowest BCUT2D eigenvalue weighted by Crippen LogP contribution is -2.45. The molecule has 2 aromatic rings. The van der Waals surface area contributed by atoms with Crippen molar-refractivity contribution in [2.75, 3.05) is 6.54 Å². The van der Waals surface area contributed by atoms with Crippen molar-refractivity contribution < 1.29 is 23.9 Å². The third kappa shape index (κ3) is 6.50. The smallest absolute Gasteiger partial charge is 0.351 e. The van der Waals surface area contributed by atoms with Crippen molar-refractivity contribution in [2.45, 2.75) is 32.5 Å². The summed E-state index contributed by atoms with van der Waals surface area (Å²) in [4.78, 5) is 37.1. The largest absolute Gasteiger partial charge is 0.476 e. The molecule has 0 aliphatic heterocycles. The maximum atomic E-state index is 12.8. The third-order valence-electron chi connectivity index (χ3n) is 3.82. The summed E-state index contributed by atoms with van der Waals surface area (Å²) in [6, 6.07) is 14.2. The van der Waals surface area contributed by atoms with Crippen molar-refractivity contribution in [2.24, 2.45) is 0 Å². The van der Waals surface area contributed by atoms with Crippen LogP contribution in [0, 0.1) is 0 Å². The molecule has 29 heavy (non-hydrogen) atoms. The number of benzene rings is 2. The van der Waals surface area contributed by atoms with Crippen molar-refractivity contribution in [1.82, 2.24) is 10.6 Å². The maximum absolute atomic E-state index is 12.8. The number of carbonyl (C=O) groups excluding carboxylic acids is 3. The monoisotopic (exact) mass is 418 g/mol. The topological polar surface area (TPSA) is 93.7 Å². The molecule has 0 spiro atoms. The summed E-state index contributed by atoms with van der Waals surface area (Å²) in [5, 5.41) is 5.16. The van der Waals surface area contributed by atoms with Crippen LogP contribution in [0.1, 0.15) is 32.4 Å². The molecule has 0 aliphatic carbocycles. The van der Waals surface area contributed by atoms with Crippen LogP contribution in [0.3, 0.4) is 0 Å². The standard InChI is InChI=1S/C21H23ClN2O5/c1-4-23-20(27)24-18(25)17(14-8-6-5-7-9-14)28-19(26)21(2,3)29-16-12-10-15(22)11-13-16/h5-13,17H,4H2,1-3H3,(H2,23,24,25,27)/t17-/m1/s1. The Balaban J connectivity index is 2.18. The van der Waals surface area contributed by atoms with Gasteiger partial charge in [0.15, 0.2) is 5.60 Å². The van der Waals surface area contributed by atoms with Crippen molar-refractivity contribution in [3.8, 4) is 5.75 Å². The molecule has 2 N–H and O–H groups in total. The average molecular weight is 419 g/mol. The Labute approximate surface area is 174 Å². The molecule has 0 radical (unpaired) electrons. The Bertz CT molecular complexity index is 853. The minimum atomic E-state index is -1.40. The SMILES string of the molecule is CCNC(=O)NC(=O)[C@H](OC(=O)C(C)(C)Oc1ccc(Cl)cc1)c1ccccc1. The number of imide groups is 1. The zero-order valence-corrected chi connectivity index (χ0v) is 17.2. The summed E-state index contributed by atoms with van der Waals surface area (Å²) in [6.45, 7) is 5.10. The van der Waals surface area contributed by atoms with Gasteiger partial charge in [-0.3, -0.25) is 10.1 Å². The summed E-state index contributed by atoms with van der Waals surface area (Å²) >= 11 is 5.86. The van der Waals surface area contributed by atoms with Crippen molar-refractivity contribution >= 4 is 29.5 Å². The summed E-state index contributed by atoms with van der Waals surface area (Å²) in [6.07, 6.45) is -1.32. The Morgan fingerprint density at radius 1 is 1.03 bits per heavy atom. The fraction of sp³-hybridized carbons (Fsp3) is 0.286. The van der Waals surface area contributed by atoms with E-state index in [1.807, 2.05) is 0 Å². The van der Waals surface area contributed by atoms with Crippen LogP contribution in [0.2, 0.25) is 5.02 Å². The fourth-order valence-corrected chi connectivity index (χ4v) is 2.50. The molecule has 154 valence electrons. The second-order valence-electron chi connectivity index (χ2n) is 6.61. The van der Waals surface area contributed by atoms with Gasteiger partial charge in [-0.2, -0.15) is 0 Å². The van der Waals surface area contributed by atoms with Gasteiger partial charge in [-0.05, 0) is 45.0 Å². The average Bonchev–Trinajstić information content (AvgIpc) is 2.68. The number of esters is 1. The quantitative estimate of drug-likeness (QED) is 0.669. The van der Waals surface area contributed by atoms with E-state index >= 15 is 0 Å². The molecular formula is C21H23ClN2O5. The number of halogens is 1. The van der Waals surface area contributed by atoms with Crippen LogP contribution in [0.15, 0.2) is 54.6 Å². The first-order chi connectivity index (χ1) is 13.7. The van der Waals surface area contributed by atoms with Gasteiger partial charge in [0.25, 0.3) is 5.91 Å². The van der Waals surface area contributed by atoms with Gasteiger partial charge < -0.3 is 14.8 Å². The predicted octanol–water partition coefficient (Wildman–Crippen LogP) is 3.63. The van der Waals surface area contributed by atoms with Gasteiger partial charge in [0.05, 0.1) is 0 Å². The van der Waals surface area contributed by atoms with E-state index in [9.17, 15) is 14.4 Å². The third-order valence-corrected chi connectivity index (χ3v) is 4.07. The first-order valence-corrected chi connectivity index (χ1v) is 9.40. The van der Waals surface area contributed by atoms with Crippen molar-refractivity contribution in [3.05, 3.63) is 65.2 Å². The highest BCUT2D eigenvalue weighted by Crippen LogP contribution is 2.25.